The Balaban J connectivity index is 2.23. The first kappa shape index (κ1) is 14.9. The fourth-order valence-electron chi connectivity index (χ4n) is 2.20. The molecule has 2 aromatic rings. The summed E-state index contributed by atoms with van der Waals surface area (Å²) in [7, 11) is 1.69. The van der Waals surface area contributed by atoms with Crippen molar-refractivity contribution in [1.29, 1.82) is 0 Å². The summed E-state index contributed by atoms with van der Waals surface area (Å²) in [6.45, 7) is 4.64. The third kappa shape index (κ3) is 3.34. The predicted molar refractivity (Wildman–Crippen MR) is 85.9 cm³/mol. The van der Waals surface area contributed by atoms with Crippen molar-refractivity contribution in [2.75, 3.05) is 7.11 Å². The zero-order valence-corrected chi connectivity index (χ0v) is 13.7. The Morgan fingerprint density at radius 3 is 2.55 bits per heavy atom. The van der Waals surface area contributed by atoms with Gasteiger partial charge in [0.15, 0.2) is 0 Å². The maximum atomic E-state index is 6.03. The molecule has 0 heterocycles. The number of halogens is 1. The normalized spacial score (nSPS) is 10.4. The molecule has 0 unspecified atom stereocenters. The minimum atomic E-state index is 0.510. The molecule has 0 saturated heterocycles. The standard InChI is InChI=1S/C17H19BrO2/c1-12-7-8-16(19-3)15(9-12)11-20-17-13(2)5-4-6-14(17)10-18/h4-9H,10-11H2,1-3H3. The maximum absolute atomic E-state index is 6.03. The largest absolute Gasteiger partial charge is 0.496 e. The molecule has 0 aromatic heterocycles. The smallest absolute Gasteiger partial charge is 0.126 e. The van der Waals surface area contributed by atoms with Gasteiger partial charge in [-0.3, -0.25) is 0 Å². The van der Waals surface area contributed by atoms with Gasteiger partial charge >= 0.3 is 0 Å². The van der Waals surface area contributed by atoms with Gasteiger partial charge in [0, 0.05) is 16.5 Å². The van der Waals surface area contributed by atoms with Crippen molar-refractivity contribution in [3.8, 4) is 11.5 Å². The molecule has 20 heavy (non-hydrogen) atoms. The van der Waals surface area contributed by atoms with Gasteiger partial charge in [-0.05, 0) is 31.5 Å². The molecule has 0 spiro atoms. The van der Waals surface area contributed by atoms with Gasteiger partial charge < -0.3 is 9.47 Å². The van der Waals surface area contributed by atoms with Gasteiger partial charge in [0.05, 0.1) is 7.11 Å². The average molecular weight is 335 g/mol. The van der Waals surface area contributed by atoms with E-state index >= 15 is 0 Å². The Morgan fingerprint density at radius 1 is 1.05 bits per heavy atom. The topological polar surface area (TPSA) is 18.5 Å². The van der Waals surface area contributed by atoms with E-state index in [9.17, 15) is 0 Å². The second-order valence-corrected chi connectivity index (χ2v) is 5.36. The third-order valence-corrected chi connectivity index (χ3v) is 3.85. The molecular formula is C17H19BrO2. The van der Waals surface area contributed by atoms with Crippen LogP contribution in [0.2, 0.25) is 0 Å². The van der Waals surface area contributed by atoms with Crippen molar-refractivity contribution in [3.05, 3.63) is 58.7 Å². The van der Waals surface area contributed by atoms with Crippen molar-refractivity contribution < 1.29 is 9.47 Å². The van der Waals surface area contributed by atoms with Crippen LogP contribution in [0.5, 0.6) is 11.5 Å². The summed E-state index contributed by atoms with van der Waals surface area (Å²) in [5.74, 6) is 1.82. The number of aryl methyl sites for hydroxylation is 2. The van der Waals surface area contributed by atoms with E-state index in [-0.39, 0.29) is 0 Å². The summed E-state index contributed by atoms with van der Waals surface area (Å²) in [4.78, 5) is 0. The van der Waals surface area contributed by atoms with Crippen LogP contribution in [0.15, 0.2) is 36.4 Å². The van der Waals surface area contributed by atoms with E-state index in [1.807, 2.05) is 18.2 Å². The lowest BCUT2D eigenvalue weighted by Crippen LogP contribution is -2.02. The van der Waals surface area contributed by atoms with E-state index in [1.54, 1.807) is 7.11 Å². The Kier molecular flexibility index (Phi) is 5.07. The number of rotatable bonds is 5. The molecule has 0 aliphatic rings. The first-order valence-corrected chi connectivity index (χ1v) is 7.68. The summed E-state index contributed by atoms with van der Waals surface area (Å²) in [6, 6.07) is 12.3. The number of methoxy groups -OCH3 is 1. The second kappa shape index (κ2) is 6.80. The Bertz CT molecular complexity index is 594. The first-order chi connectivity index (χ1) is 9.65. The van der Waals surface area contributed by atoms with Gasteiger partial charge in [-0.15, -0.1) is 0 Å². The second-order valence-electron chi connectivity index (χ2n) is 4.80. The summed E-state index contributed by atoms with van der Waals surface area (Å²) in [6.07, 6.45) is 0. The summed E-state index contributed by atoms with van der Waals surface area (Å²) in [5.41, 5.74) is 4.58. The number of hydrogen-bond acceptors (Lipinski definition) is 2. The van der Waals surface area contributed by atoms with Gasteiger partial charge in [0.2, 0.25) is 0 Å². The monoisotopic (exact) mass is 334 g/mol. The molecule has 106 valence electrons. The van der Waals surface area contributed by atoms with E-state index in [0.717, 1.165) is 33.5 Å². The van der Waals surface area contributed by atoms with Crippen molar-refractivity contribution in [2.45, 2.75) is 25.8 Å². The molecule has 0 N–H and O–H groups in total. The fourth-order valence-corrected chi connectivity index (χ4v) is 2.64. The molecule has 0 radical (unpaired) electrons. The lowest BCUT2D eigenvalue weighted by molar-refractivity contribution is 0.292. The zero-order chi connectivity index (χ0) is 14.5. The van der Waals surface area contributed by atoms with Gasteiger partial charge in [-0.2, -0.15) is 0 Å². The van der Waals surface area contributed by atoms with E-state index in [0.29, 0.717) is 6.61 Å². The van der Waals surface area contributed by atoms with Crippen molar-refractivity contribution in [2.24, 2.45) is 0 Å². The molecule has 0 amide bonds. The van der Waals surface area contributed by atoms with Crippen molar-refractivity contribution in [1.82, 2.24) is 0 Å². The molecule has 2 nitrogen and oxygen atoms in total. The predicted octanol–water partition coefficient (Wildman–Crippen LogP) is 4.79. The highest BCUT2D eigenvalue weighted by molar-refractivity contribution is 9.08. The highest BCUT2D eigenvalue weighted by atomic mass is 79.9. The van der Waals surface area contributed by atoms with Crippen LogP contribution >= 0.6 is 15.9 Å². The highest BCUT2D eigenvalue weighted by Gasteiger charge is 2.09. The van der Waals surface area contributed by atoms with Crippen LogP contribution in [0.4, 0.5) is 0 Å². The summed E-state index contributed by atoms with van der Waals surface area (Å²) in [5, 5.41) is 0.787. The van der Waals surface area contributed by atoms with E-state index in [4.69, 9.17) is 9.47 Å². The molecular weight excluding hydrogens is 316 g/mol. The minimum Gasteiger partial charge on any atom is -0.496 e. The number of benzene rings is 2. The Labute approximate surface area is 128 Å². The lowest BCUT2D eigenvalue weighted by Gasteiger charge is -2.15. The number of para-hydroxylation sites is 1. The minimum absolute atomic E-state index is 0.510. The molecule has 0 fully saturated rings. The summed E-state index contributed by atoms with van der Waals surface area (Å²) >= 11 is 3.50. The quantitative estimate of drug-likeness (QED) is 0.732. The molecule has 0 bridgehead atoms. The van der Waals surface area contributed by atoms with Gasteiger partial charge in [0.25, 0.3) is 0 Å². The highest BCUT2D eigenvalue weighted by Crippen LogP contribution is 2.28. The molecule has 2 aromatic carbocycles. The van der Waals surface area contributed by atoms with E-state index in [1.165, 1.54) is 5.56 Å². The van der Waals surface area contributed by atoms with Crippen molar-refractivity contribution >= 4 is 15.9 Å². The number of alkyl halides is 1. The average Bonchev–Trinajstić information content (AvgIpc) is 2.46. The molecule has 2 rings (SSSR count). The molecule has 0 aliphatic carbocycles. The van der Waals surface area contributed by atoms with Crippen LogP contribution in [-0.2, 0) is 11.9 Å². The van der Waals surface area contributed by atoms with Crippen LogP contribution in [0.25, 0.3) is 0 Å². The van der Waals surface area contributed by atoms with Crippen LogP contribution in [-0.4, -0.2) is 7.11 Å². The number of ether oxygens (including phenoxy) is 2. The zero-order valence-electron chi connectivity index (χ0n) is 12.1. The van der Waals surface area contributed by atoms with Crippen LogP contribution in [0, 0.1) is 13.8 Å². The van der Waals surface area contributed by atoms with Crippen LogP contribution in [0.3, 0.4) is 0 Å². The van der Waals surface area contributed by atoms with Crippen molar-refractivity contribution in [3.63, 3.8) is 0 Å². The SMILES string of the molecule is COc1ccc(C)cc1COc1c(C)cccc1CBr. The molecule has 0 atom stereocenters. The lowest BCUT2D eigenvalue weighted by atomic mass is 10.1. The van der Waals surface area contributed by atoms with E-state index < -0.39 is 0 Å². The first-order valence-electron chi connectivity index (χ1n) is 6.56. The number of hydrogen-bond donors (Lipinski definition) is 0. The molecule has 0 aliphatic heterocycles. The van der Waals surface area contributed by atoms with Crippen LogP contribution < -0.4 is 9.47 Å². The molecule has 0 saturated carbocycles. The third-order valence-electron chi connectivity index (χ3n) is 3.25. The molecule has 3 heteroatoms. The van der Waals surface area contributed by atoms with E-state index in [2.05, 4.69) is 48.0 Å². The van der Waals surface area contributed by atoms with Gasteiger partial charge in [-0.25, -0.2) is 0 Å². The van der Waals surface area contributed by atoms with Gasteiger partial charge in [-0.1, -0.05) is 45.8 Å². The maximum Gasteiger partial charge on any atom is 0.126 e. The summed E-state index contributed by atoms with van der Waals surface area (Å²) < 4.78 is 11.4. The fraction of sp³-hybridized carbons (Fsp3) is 0.294. The Hall–Kier alpha value is -1.48. The van der Waals surface area contributed by atoms with Crippen LogP contribution in [0.1, 0.15) is 22.3 Å². The van der Waals surface area contributed by atoms with Gasteiger partial charge in [0.1, 0.15) is 18.1 Å². The Morgan fingerprint density at radius 2 is 1.85 bits per heavy atom.